The van der Waals surface area contributed by atoms with Crippen LogP contribution in [-0.2, 0) is 0 Å². The number of aryl methyl sites for hydroxylation is 1. The SMILES string of the molecule is CCCCC(CC)CN(c1ccc(C)cc1)c1cccc(O)c1. The third-order valence-corrected chi connectivity index (χ3v) is 4.47. The maximum absolute atomic E-state index is 9.86. The maximum atomic E-state index is 9.86. The molecule has 0 saturated heterocycles. The Bertz CT molecular complexity index is 591. The Hall–Kier alpha value is -1.96. The fraction of sp³-hybridized carbons (Fsp3) is 0.429. The lowest BCUT2D eigenvalue weighted by atomic mass is 9.98. The van der Waals surface area contributed by atoms with Gasteiger partial charge in [-0.3, -0.25) is 0 Å². The number of aromatic hydroxyl groups is 1. The molecule has 1 atom stereocenters. The zero-order valence-electron chi connectivity index (χ0n) is 14.6. The molecule has 0 aliphatic heterocycles. The van der Waals surface area contributed by atoms with Crippen LogP contribution in [0.4, 0.5) is 11.4 Å². The minimum atomic E-state index is 0.321. The molecule has 2 nitrogen and oxygen atoms in total. The van der Waals surface area contributed by atoms with Crippen LogP contribution < -0.4 is 4.90 Å². The molecule has 1 N–H and O–H groups in total. The highest BCUT2D eigenvalue weighted by Gasteiger charge is 2.15. The summed E-state index contributed by atoms with van der Waals surface area (Å²) in [5.41, 5.74) is 3.52. The fourth-order valence-electron chi connectivity index (χ4n) is 2.92. The van der Waals surface area contributed by atoms with Crippen LogP contribution in [0.2, 0.25) is 0 Å². The van der Waals surface area contributed by atoms with Crippen molar-refractivity contribution in [1.82, 2.24) is 0 Å². The van der Waals surface area contributed by atoms with E-state index in [0.717, 1.165) is 12.2 Å². The highest BCUT2D eigenvalue weighted by atomic mass is 16.3. The Labute approximate surface area is 140 Å². The van der Waals surface area contributed by atoms with E-state index < -0.39 is 0 Å². The third kappa shape index (κ3) is 5.02. The average molecular weight is 311 g/mol. The first-order valence-electron chi connectivity index (χ1n) is 8.77. The van der Waals surface area contributed by atoms with Crippen molar-refractivity contribution < 1.29 is 5.11 Å². The maximum Gasteiger partial charge on any atom is 0.117 e. The summed E-state index contributed by atoms with van der Waals surface area (Å²) in [6.45, 7) is 7.62. The summed E-state index contributed by atoms with van der Waals surface area (Å²) in [5, 5.41) is 9.86. The van der Waals surface area contributed by atoms with Gasteiger partial charge < -0.3 is 10.0 Å². The largest absolute Gasteiger partial charge is 0.508 e. The molecule has 2 aromatic carbocycles. The van der Waals surface area contributed by atoms with E-state index in [9.17, 15) is 5.11 Å². The van der Waals surface area contributed by atoms with Crippen molar-refractivity contribution >= 4 is 11.4 Å². The van der Waals surface area contributed by atoms with Gasteiger partial charge in [-0.2, -0.15) is 0 Å². The zero-order chi connectivity index (χ0) is 16.7. The van der Waals surface area contributed by atoms with Gasteiger partial charge in [0.25, 0.3) is 0 Å². The Morgan fingerprint density at radius 3 is 2.35 bits per heavy atom. The molecule has 0 aliphatic rings. The molecule has 0 saturated carbocycles. The van der Waals surface area contributed by atoms with E-state index in [2.05, 4.69) is 56.0 Å². The van der Waals surface area contributed by atoms with Crippen molar-refractivity contribution in [1.29, 1.82) is 0 Å². The highest BCUT2D eigenvalue weighted by molar-refractivity contribution is 5.64. The summed E-state index contributed by atoms with van der Waals surface area (Å²) in [6, 6.07) is 16.2. The monoisotopic (exact) mass is 311 g/mol. The topological polar surface area (TPSA) is 23.5 Å². The summed E-state index contributed by atoms with van der Waals surface area (Å²) >= 11 is 0. The lowest BCUT2D eigenvalue weighted by molar-refractivity contribution is 0.457. The van der Waals surface area contributed by atoms with Gasteiger partial charge in [-0.05, 0) is 43.5 Å². The van der Waals surface area contributed by atoms with Crippen molar-refractivity contribution in [3.05, 3.63) is 54.1 Å². The molecule has 2 rings (SSSR count). The standard InChI is InChI=1S/C21H29NO/c1-4-6-8-18(5-2)16-22(19-13-11-17(3)12-14-19)20-9-7-10-21(23)15-20/h7,9-15,18,23H,4-6,8,16H2,1-3H3. The van der Waals surface area contributed by atoms with Crippen molar-refractivity contribution in [2.75, 3.05) is 11.4 Å². The molecule has 0 heterocycles. The van der Waals surface area contributed by atoms with Gasteiger partial charge in [0, 0.05) is 24.0 Å². The number of nitrogens with zero attached hydrogens (tertiary/aromatic N) is 1. The summed E-state index contributed by atoms with van der Waals surface area (Å²) < 4.78 is 0. The number of benzene rings is 2. The van der Waals surface area contributed by atoms with Crippen LogP contribution in [0.15, 0.2) is 48.5 Å². The summed E-state index contributed by atoms with van der Waals surface area (Å²) in [6.07, 6.45) is 4.96. The number of phenols is 1. The second-order valence-electron chi connectivity index (χ2n) is 6.38. The molecule has 1 unspecified atom stereocenters. The lowest BCUT2D eigenvalue weighted by Crippen LogP contribution is -2.25. The molecule has 0 radical (unpaired) electrons. The van der Waals surface area contributed by atoms with Crippen LogP contribution >= 0.6 is 0 Å². The van der Waals surface area contributed by atoms with Crippen molar-refractivity contribution in [3.63, 3.8) is 0 Å². The van der Waals surface area contributed by atoms with E-state index >= 15 is 0 Å². The molecule has 124 valence electrons. The minimum absolute atomic E-state index is 0.321. The summed E-state index contributed by atoms with van der Waals surface area (Å²) in [7, 11) is 0. The van der Waals surface area contributed by atoms with Gasteiger partial charge in [0.1, 0.15) is 5.75 Å². The quantitative estimate of drug-likeness (QED) is 0.641. The predicted molar refractivity (Wildman–Crippen MR) is 99.6 cm³/mol. The first-order chi connectivity index (χ1) is 11.1. The molecule has 0 bridgehead atoms. The molecular formula is C21H29NO. The Balaban J connectivity index is 2.29. The van der Waals surface area contributed by atoms with Crippen LogP contribution in [0.1, 0.15) is 45.1 Å². The second kappa shape index (κ2) is 8.61. The molecule has 0 spiro atoms. The first-order valence-corrected chi connectivity index (χ1v) is 8.77. The van der Waals surface area contributed by atoms with Gasteiger partial charge in [0.2, 0.25) is 0 Å². The van der Waals surface area contributed by atoms with Gasteiger partial charge in [-0.25, -0.2) is 0 Å². The van der Waals surface area contributed by atoms with Gasteiger partial charge >= 0.3 is 0 Å². The minimum Gasteiger partial charge on any atom is -0.508 e. The van der Waals surface area contributed by atoms with Gasteiger partial charge in [-0.1, -0.05) is 56.9 Å². The number of hydrogen-bond acceptors (Lipinski definition) is 2. The van der Waals surface area contributed by atoms with Crippen LogP contribution in [-0.4, -0.2) is 11.7 Å². The van der Waals surface area contributed by atoms with Crippen LogP contribution in [0.5, 0.6) is 5.75 Å². The molecule has 0 aromatic heterocycles. The van der Waals surface area contributed by atoms with E-state index in [1.54, 1.807) is 6.07 Å². The zero-order valence-corrected chi connectivity index (χ0v) is 14.6. The molecule has 2 heteroatoms. The number of phenolic OH excluding ortho intramolecular Hbond substituents is 1. The van der Waals surface area contributed by atoms with E-state index in [1.807, 2.05) is 12.1 Å². The van der Waals surface area contributed by atoms with E-state index in [-0.39, 0.29) is 0 Å². The highest BCUT2D eigenvalue weighted by Crippen LogP contribution is 2.30. The normalized spacial score (nSPS) is 12.1. The molecule has 0 amide bonds. The number of anilines is 2. The Kier molecular flexibility index (Phi) is 6.52. The summed E-state index contributed by atoms with van der Waals surface area (Å²) in [5.74, 6) is 0.986. The third-order valence-electron chi connectivity index (χ3n) is 4.47. The van der Waals surface area contributed by atoms with Gasteiger partial charge in [-0.15, -0.1) is 0 Å². The van der Waals surface area contributed by atoms with E-state index in [4.69, 9.17) is 0 Å². The van der Waals surface area contributed by atoms with Crippen molar-refractivity contribution in [2.24, 2.45) is 5.92 Å². The number of rotatable bonds is 8. The molecule has 2 aromatic rings. The van der Waals surface area contributed by atoms with Gasteiger partial charge in [0.05, 0.1) is 0 Å². The lowest BCUT2D eigenvalue weighted by Gasteiger charge is -2.29. The number of unbranched alkanes of at least 4 members (excludes halogenated alkanes) is 1. The average Bonchev–Trinajstić information content (AvgIpc) is 2.56. The Morgan fingerprint density at radius 2 is 1.74 bits per heavy atom. The van der Waals surface area contributed by atoms with Gasteiger partial charge in [0.15, 0.2) is 0 Å². The predicted octanol–water partition coefficient (Wildman–Crippen LogP) is 6.06. The molecular weight excluding hydrogens is 282 g/mol. The van der Waals surface area contributed by atoms with E-state index in [0.29, 0.717) is 11.7 Å². The van der Waals surface area contributed by atoms with Crippen molar-refractivity contribution in [2.45, 2.75) is 46.5 Å². The fourth-order valence-corrected chi connectivity index (χ4v) is 2.92. The van der Waals surface area contributed by atoms with Crippen molar-refractivity contribution in [3.8, 4) is 5.75 Å². The molecule has 0 aliphatic carbocycles. The van der Waals surface area contributed by atoms with Crippen LogP contribution in [0.3, 0.4) is 0 Å². The Morgan fingerprint density at radius 1 is 1.00 bits per heavy atom. The first kappa shape index (κ1) is 17.4. The molecule has 0 fully saturated rings. The number of hydrogen-bond donors (Lipinski definition) is 1. The molecule has 23 heavy (non-hydrogen) atoms. The van der Waals surface area contributed by atoms with Crippen LogP contribution in [0, 0.1) is 12.8 Å². The summed E-state index contributed by atoms with van der Waals surface area (Å²) in [4.78, 5) is 2.34. The van der Waals surface area contributed by atoms with Crippen LogP contribution in [0.25, 0.3) is 0 Å². The van der Waals surface area contributed by atoms with E-state index in [1.165, 1.54) is 36.9 Å². The smallest absolute Gasteiger partial charge is 0.117 e. The second-order valence-corrected chi connectivity index (χ2v) is 6.38.